The number of benzene rings is 1. The molecule has 0 aliphatic rings. The van der Waals surface area contributed by atoms with Crippen LogP contribution in [0.15, 0.2) is 22.7 Å². The van der Waals surface area contributed by atoms with E-state index < -0.39 is 0 Å². The van der Waals surface area contributed by atoms with Crippen molar-refractivity contribution in [1.29, 1.82) is 0 Å². The molecular formula is C11H17BrN2O. The Morgan fingerprint density at radius 3 is 2.67 bits per heavy atom. The van der Waals surface area contributed by atoms with E-state index in [1.54, 1.807) is 7.11 Å². The molecule has 0 radical (unpaired) electrons. The Hall–Kier alpha value is -0.740. The van der Waals surface area contributed by atoms with Gasteiger partial charge < -0.3 is 15.8 Å². The maximum absolute atomic E-state index is 5.86. The van der Waals surface area contributed by atoms with Gasteiger partial charge in [-0.2, -0.15) is 0 Å². The SMILES string of the molecule is COC(C)(C)CNc1ccc(Br)cc1N. The fourth-order valence-corrected chi connectivity index (χ4v) is 1.45. The summed E-state index contributed by atoms with van der Waals surface area (Å²) >= 11 is 3.37. The molecule has 0 aromatic heterocycles. The molecule has 0 saturated heterocycles. The van der Waals surface area contributed by atoms with Crippen molar-refractivity contribution in [3.8, 4) is 0 Å². The summed E-state index contributed by atoms with van der Waals surface area (Å²) in [6, 6.07) is 5.78. The van der Waals surface area contributed by atoms with Gasteiger partial charge >= 0.3 is 0 Å². The van der Waals surface area contributed by atoms with Gasteiger partial charge in [-0.3, -0.25) is 0 Å². The Kier molecular flexibility index (Phi) is 3.99. The summed E-state index contributed by atoms with van der Waals surface area (Å²) in [7, 11) is 1.70. The average molecular weight is 273 g/mol. The maximum atomic E-state index is 5.86. The van der Waals surface area contributed by atoms with E-state index in [0.717, 1.165) is 22.4 Å². The van der Waals surface area contributed by atoms with Crippen molar-refractivity contribution in [2.75, 3.05) is 24.7 Å². The number of hydrogen-bond acceptors (Lipinski definition) is 3. The summed E-state index contributed by atoms with van der Waals surface area (Å²) < 4.78 is 6.29. The van der Waals surface area contributed by atoms with E-state index in [0.29, 0.717) is 0 Å². The van der Waals surface area contributed by atoms with Crippen molar-refractivity contribution in [3.63, 3.8) is 0 Å². The number of anilines is 2. The second-order valence-corrected chi connectivity index (χ2v) is 4.96. The summed E-state index contributed by atoms with van der Waals surface area (Å²) in [5, 5.41) is 3.26. The minimum absolute atomic E-state index is 0.195. The van der Waals surface area contributed by atoms with E-state index in [1.807, 2.05) is 32.0 Å². The Labute approximate surface area is 99.1 Å². The topological polar surface area (TPSA) is 47.3 Å². The minimum Gasteiger partial charge on any atom is -0.397 e. The Morgan fingerprint density at radius 1 is 1.47 bits per heavy atom. The molecule has 0 heterocycles. The summed E-state index contributed by atoms with van der Waals surface area (Å²) in [6.07, 6.45) is 0. The molecule has 1 rings (SSSR count). The molecular weight excluding hydrogens is 256 g/mol. The lowest BCUT2D eigenvalue weighted by atomic mass is 10.1. The second-order valence-electron chi connectivity index (χ2n) is 4.05. The third-order valence-electron chi connectivity index (χ3n) is 2.27. The lowest BCUT2D eigenvalue weighted by Crippen LogP contribution is -2.32. The molecule has 0 amide bonds. The average Bonchev–Trinajstić information content (AvgIpc) is 2.16. The van der Waals surface area contributed by atoms with Crippen LogP contribution >= 0.6 is 15.9 Å². The van der Waals surface area contributed by atoms with Crippen LogP contribution in [0.2, 0.25) is 0 Å². The monoisotopic (exact) mass is 272 g/mol. The van der Waals surface area contributed by atoms with Gasteiger partial charge in [-0.1, -0.05) is 15.9 Å². The van der Waals surface area contributed by atoms with Crippen LogP contribution in [-0.2, 0) is 4.74 Å². The first-order valence-electron chi connectivity index (χ1n) is 4.79. The van der Waals surface area contributed by atoms with Crippen LogP contribution in [-0.4, -0.2) is 19.3 Å². The van der Waals surface area contributed by atoms with Crippen LogP contribution in [0.25, 0.3) is 0 Å². The van der Waals surface area contributed by atoms with Crippen LogP contribution < -0.4 is 11.1 Å². The normalized spacial score (nSPS) is 11.5. The van der Waals surface area contributed by atoms with Gasteiger partial charge in [0, 0.05) is 18.1 Å². The highest BCUT2D eigenvalue weighted by Crippen LogP contribution is 2.23. The Balaban J connectivity index is 2.66. The zero-order chi connectivity index (χ0) is 11.5. The maximum Gasteiger partial charge on any atom is 0.0794 e. The standard InChI is InChI=1S/C11H17BrN2O/c1-11(2,15-3)7-14-10-5-4-8(12)6-9(10)13/h4-6,14H,7,13H2,1-3H3. The predicted octanol–water partition coefficient (Wildman–Crippen LogP) is 2.87. The van der Waals surface area contributed by atoms with Crippen molar-refractivity contribution < 1.29 is 4.74 Å². The molecule has 3 nitrogen and oxygen atoms in total. The number of methoxy groups -OCH3 is 1. The van der Waals surface area contributed by atoms with Gasteiger partial charge in [0.1, 0.15) is 0 Å². The molecule has 0 aliphatic heterocycles. The molecule has 0 bridgehead atoms. The molecule has 84 valence electrons. The minimum atomic E-state index is -0.195. The summed E-state index contributed by atoms with van der Waals surface area (Å²) in [5.41, 5.74) is 7.33. The number of hydrogen-bond donors (Lipinski definition) is 2. The van der Waals surface area contributed by atoms with Crippen LogP contribution in [0.5, 0.6) is 0 Å². The highest BCUT2D eigenvalue weighted by molar-refractivity contribution is 9.10. The summed E-state index contributed by atoms with van der Waals surface area (Å²) in [4.78, 5) is 0. The molecule has 0 spiro atoms. The van der Waals surface area contributed by atoms with Crippen LogP contribution in [0.1, 0.15) is 13.8 Å². The third kappa shape index (κ3) is 3.72. The molecule has 0 aliphatic carbocycles. The first kappa shape index (κ1) is 12.3. The quantitative estimate of drug-likeness (QED) is 0.829. The Bertz CT molecular complexity index is 339. The largest absolute Gasteiger partial charge is 0.397 e. The molecule has 3 N–H and O–H groups in total. The fourth-order valence-electron chi connectivity index (χ4n) is 1.07. The number of halogens is 1. The third-order valence-corrected chi connectivity index (χ3v) is 2.76. The molecule has 15 heavy (non-hydrogen) atoms. The van der Waals surface area contributed by atoms with E-state index in [9.17, 15) is 0 Å². The second kappa shape index (κ2) is 4.86. The van der Waals surface area contributed by atoms with Gasteiger partial charge in [0.05, 0.1) is 17.0 Å². The van der Waals surface area contributed by atoms with Crippen molar-refractivity contribution in [2.45, 2.75) is 19.4 Å². The van der Waals surface area contributed by atoms with E-state index in [-0.39, 0.29) is 5.60 Å². The first-order valence-corrected chi connectivity index (χ1v) is 5.58. The fraction of sp³-hybridized carbons (Fsp3) is 0.455. The van der Waals surface area contributed by atoms with Crippen molar-refractivity contribution in [3.05, 3.63) is 22.7 Å². The lowest BCUT2D eigenvalue weighted by Gasteiger charge is -2.24. The van der Waals surface area contributed by atoms with Crippen molar-refractivity contribution in [1.82, 2.24) is 0 Å². The molecule has 0 unspecified atom stereocenters. The number of nitrogens with two attached hydrogens (primary N) is 1. The zero-order valence-corrected chi connectivity index (χ0v) is 10.9. The van der Waals surface area contributed by atoms with E-state index in [4.69, 9.17) is 10.5 Å². The highest BCUT2D eigenvalue weighted by atomic mass is 79.9. The summed E-state index contributed by atoms with van der Waals surface area (Å²) in [6.45, 7) is 4.76. The number of nitrogen functional groups attached to an aromatic ring is 1. The molecule has 1 aromatic rings. The van der Waals surface area contributed by atoms with Gasteiger partial charge in [0.15, 0.2) is 0 Å². The van der Waals surface area contributed by atoms with Gasteiger partial charge in [0.2, 0.25) is 0 Å². The number of ether oxygens (including phenoxy) is 1. The van der Waals surface area contributed by atoms with Crippen LogP contribution in [0.3, 0.4) is 0 Å². The van der Waals surface area contributed by atoms with Crippen molar-refractivity contribution in [2.24, 2.45) is 0 Å². The first-order chi connectivity index (χ1) is 6.94. The molecule has 1 aromatic carbocycles. The number of nitrogens with one attached hydrogen (secondary N) is 1. The predicted molar refractivity (Wildman–Crippen MR) is 68.1 cm³/mol. The van der Waals surface area contributed by atoms with Crippen molar-refractivity contribution >= 4 is 27.3 Å². The lowest BCUT2D eigenvalue weighted by molar-refractivity contribution is 0.0344. The molecule has 4 heteroatoms. The molecule has 0 fully saturated rings. The van der Waals surface area contributed by atoms with Crippen LogP contribution in [0, 0.1) is 0 Å². The number of rotatable bonds is 4. The molecule has 0 atom stereocenters. The van der Waals surface area contributed by atoms with E-state index >= 15 is 0 Å². The summed E-state index contributed by atoms with van der Waals surface area (Å²) in [5.74, 6) is 0. The smallest absolute Gasteiger partial charge is 0.0794 e. The van der Waals surface area contributed by atoms with Gasteiger partial charge in [-0.05, 0) is 32.0 Å². The van der Waals surface area contributed by atoms with Gasteiger partial charge in [-0.15, -0.1) is 0 Å². The van der Waals surface area contributed by atoms with E-state index in [1.165, 1.54) is 0 Å². The Morgan fingerprint density at radius 2 is 2.13 bits per heavy atom. The van der Waals surface area contributed by atoms with E-state index in [2.05, 4.69) is 21.2 Å². The zero-order valence-electron chi connectivity index (χ0n) is 9.30. The van der Waals surface area contributed by atoms with Gasteiger partial charge in [0.25, 0.3) is 0 Å². The highest BCUT2D eigenvalue weighted by Gasteiger charge is 2.15. The molecule has 0 saturated carbocycles. The van der Waals surface area contributed by atoms with Gasteiger partial charge in [-0.25, -0.2) is 0 Å². The van der Waals surface area contributed by atoms with Crippen LogP contribution in [0.4, 0.5) is 11.4 Å².